The monoisotopic (exact) mass is 369 g/mol. The molecule has 0 aliphatic heterocycles. The maximum absolute atomic E-state index is 12.8. The quantitative estimate of drug-likeness (QED) is 0.759. The summed E-state index contributed by atoms with van der Waals surface area (Å²) in [5, 5.41) is 2.94. The van der Waals surface area contributed by atoms with Gasteiger partial charge in [-0.1, -0.05) is 32.0 Å². The SMILES string of the molecule is CC(C)c1ccccc1NC(=O)C(C)n1cnc2c1c(=O)n(C)c(=O)n2C. The van der Waals surface area contributed by atoms with Gasteiger partial charge in [0.1, 0.15) is 6.04 Å². The second-order valence-corrected chi connectivity index (χ2v) is 6.94. The number of aryl methyl sites for hydroxylation is 1. The summed E-state index contributed by atoms with van der Waals surface area (Å²) in [5.41, 5.74) is 1.32. The van der Waals surface area contributed by atoms with E-state index in [9.17, 15) is 14.4 Å². The third-order valence-corrected chi connectivity index (χ3v) is 4.81. The highest BCUT2D eigenvalue weighted by Crippen LogP contribution is 2.25. The Morgan fingerprint density at radius 2 is 1.74 bits per heavy atom. The van der Waals surface area contributed by atoms with Gasteiger partial charge in [-0.25, -0.2) is 9.78 Å². The topological polar surface area (TPSA) is 90.9 Å². The second-order valence-electron chi connectivity index (χ2n) is 6.94. The van der Waals surface area contributed by atoms with Crippen LogP contribution in [-0.2, 0) is 18.9 Å². The van der Waals surface area contributed by atoms with Crippen LogP contribution in [0.25, 0.3) is 11.2 Å². The van der Waals surface area contributed by atoms with Crippen LogP contribution < -0.4 is 16.6 Å². The smallest absolute Gasteiger partial charge is 0.324 e. The summed E-state index contributed by atoms with van der Waals surface area (Å²) < 4.78 is 3.82. The van der Waals surface area contributed by atoms with Gasteiger partial charge in [0.15, 0.2) is 11.2 Å². The first-order valence-electron chi connectivity index (χ1n) is 8.76. The summed E-state index contributed by atoms with van der Waals surface area (Å²) in [6.45, 7) is 5.81. The van der Waals surface area contributed by atoms with Crippen LogP contribution in [0.4, 0.5) is 5.69 Å². The minimum absolute atomic E-state index is 0.222. The van der Waals surface area contributed by atoms with Crippen LogP contribution in [-0.4, -0.2) is 24.6 Å². The minimum atomic E-state index is -0.680. The molecule has 0 fully saturated rings. The Bertz CT molecular complexity index is 1140. The summed E-state index contributed by atoms with van der Waals surface area (Å²) in [4.78, 5) is 41.6. The normalized spacial score (nSPS) is 12.5. The molecule has 2 aromatic heterocycles. The largest absolute Gasteiger partial charge is 0.332 e. The molecule has 1 aromatic carbocycles. The summed E-state index contributed by atoms with van der Waals surface area (Å²) >= 11 is 0. The molecule has 3 aromatic rings. The van der Waals surface area contributed by atoms with E-state index in [1.807, 2.05) is 24.3 Å². The zero-order valence-electron chi connectivity index (χ0n) is 16.1. The van der Waals surface area contributed by atoms with E-state index in [1.165, 1.54) is 22.5 Å². The minimum Gasteiger partial charge on any atom is -0.324 e. The van der Waals surface area contributed by atoms with Gasteiger partial charge in [-0.2, -0.15) is 0 Å². The molecule has 2 heterocycles. The number of fused-ring (bicyclic) bond motifs is 1. The molecule has 142 valence electrons. The first-order chi connectivity index (χ1) is 12.7. The number of hydrogen-bond acceptors (Lipinski definition) is 4. The van der Waals surface area contributed by atoms with Gasteiger partial charge in [0.05, 0.1) is 6.33 Å². The van der Waals surface area contributed by atoms with Gasteiger partial charge in [0.2, 0.25) is 5.91 Å². The number of nitrogens with zero attached hydrogens (tertiary/aromatic N) is 4. The van der Waals surface area contributed by atoms with E-state index in [1.54, 1.807) is 14.0 Å². The van der Waals surface area contributed by atoms with E-state index in [0.29, 0.717) is 0 Å². The van der Waals surface area contributed by atoms with Gasteiger partial charge in [-0.05, 0) is 24.5 Å². The highest BCUT2D eigenvalue weighted by atomic mass is 16.2. The van der Waals surface area contributed by atoms with Crippen LogP contribution in [0.1, 0.15) is 38.3 Å². The van der Waals surface area contributed by atoms with Crippen molar-refractivity contribution in [3.63, 3.8) is 0 Å². The molecule has 8 heteroatoms. The third-order valence-electron chi connectivity index (χ3n) is 4.81. The zero-order valence-corrected chi connectivity index (χ0v) is 16.1. The number of amides is 1. The molecule has 0 saturated carbocycles. The summed E-state index contributed by atoms with van der Waals surface area (Å²) in [7, 11) is 2.95. The predicted molar refractivity (Wildman–Crippen MR) is 104 cm³/mol. The van der Waals surface area contributed by atoms with Gasteiger partial charge in [0.25, 0.3) is 5.56 Å². The van der Waals surface area contributed by atoms with Crippen LogP contribution >= 0.6 is 0 Å². The average Bonchev–Trinajstić information content (AvgIpc) is 3.09. The maximum Gasteiger partial charge on any atom is 0.332 e. The number of anilines is 1. The number of hydrogen-bond donors (Lipinski definition) is 1. The van der Waals surface area contributed by atoms with E-state index < -0.39 is 17.3 Å². The maximum atomic E-state index is 12.8. The molecule has 8 nitrogen and oxygen atoms in total. The van der Waals surface area contributed by atoms with E-state index in [4.69, 9.17) is 0 Å². The van der Waals surface area contributed by atoms with Gasteiger partial charge in [-0.3, -0.25) is 18.7 Å². The van der Waals surface area contributed by atoms with Crippen LogP contribution in [0, 0.1) is 0 Å². The van der Waals surface area contributed by atoms with Crippen LogP contribution in [0.15, 0.2) is 40.2 Å². The van der Waals surface area contributed by atoms with Gasteiger partial charge >= 0.3 is 5.69 Å². The van der Waals surface area contributed by atoms with E-state index in [2.05, 4.69) is 24.1 Å². The first kappa shape index (κ1) is 18.6. The second kappa shape index (κ2) is 6.86. The molecule has 0 bridgehead atoms. The first-order valence-corrected chi connectivity index (χ1v) is 8.76. The van der Waals surface area contributed by atoms with Crippen molar-refractivity contribution in [3.05, 3.63) is 57.0 Å². The average molecular weight is 369 g/mol. The summed E-state index contributed by atoms with van der Waals surface area (Å²) in [5.74, 6) is -0.00833. The highest BCUT2D eigenvalue weighted by molar-refractivity contribution is 5.95. The van der Waals surface area contributed by atoms with Crippen molar-refractivity contribution in [2.75, 3.05) is 5.32 Å². The summed E-state index contributed by atoms with van der Waals surface area (Å²) in [6, 6.07) is 6.95. The number of para-hydroxylation sites is 1. The molecule has 1 amide bonds. The Morgan fingerprint density at radius 3 is 2.41 bits per heavy atom. The van der Waals surface area contributed by atoms with Crippen LogP contribution in [0.2, 0.25) is 0 Å². The lowest BCUT2D eigenvalue weighted by Gasteiger charge is -2.18. The molecule has 0 saturated heterocycles. The predicted octanol–water partition coefficient (Wildman–Crippen LogP) is 1.76. The number of carbonyl (C=O) groups is 1. The van der Waals surface area contributed by atoms with Crippen molar-refractivity contribution in [2.24, 2.45) is 14.1 Å². The molecule has 1 unspecified atom stereocenters. The molecule has 27 heavy (non-hydrogen) atoms. The fourth-order valence-corrected chi connectivity index (χ4v) is 3.14. The van der Waals surface area contributed by atoms with Gasteiger partial charge in [0, 0.05) is 19.8 Å². The molecule has 3 rings (SSSR count). The molecule has 1 N–H and O–H groups in total. The van der Waals surface area contributed by atoms with E-state index in [0.717, 1.165) is 15.8 Å². The Kier molecular flexibility index (Phi) is 4.73. The number of aromatic nitrogens is 4. The van der Waals surface area contributed by atoms with Crippen molar-refractivity contribution < 1.29 is 4.79 Å². The molecule has 0 aliphatic carbocycles. The molecular formula is C19H23N5O3. The molecular weight excluding hydrogens is 346 g/mol. The number of carbonyl (C=O) groups excluding carboxylic acids is 1. The molecule has 0 aliphatic rings. The lowest BCUT2D eigenvalue weighted by atomic mass is 10.0. The van der Waals surface area contributed by atoms with Crippen molar-refractivity contribution in [2.45, 2.75) is 32.7 Å². The van der Waals surface area contributed by atoms with E-state index >= 15 is 0 Å². The summed E-state index contributed by atoms with van der Waals surface area (Å²) in [6.07, 6.45) is 1.42. The van der Waals surface area contributed by atoms with Crippen molar-refractivity contribution in [1.82, 2.24) is 18.7 Å². The molecule has 1 atom stereocenters. The Labute approximate surface area is 156 Å². The van der Waals surface area contributed by atoms with E-state index in [-0.39, 0.29) is 23.0 Å². The number of benzene rings is 1. The van der Waals surface area contributed by atoms with Gasteiger partial charge < -0.3 is 9.88 Å². The van der Waals surface area contributed by atoms with Crippen molar-refractivity contribution >= 4 is 22.8 Å². The zero-order chi connectivity index (χ0) is 19.9. The fraction of sp³-hybridized carbons (Fsp3) is 0.368. The van der Waals surface area contributed by atoms with Crippen molar-refractivity contribution in [3.8, 4) is 0 Å². The molecule has 0 radical (unpaired) electrons. The lowest BCUT2D eigenvalue weighted by molar-refractivity contribution is -0.118. The number of imidazole rings is 1. The highest BCUT2D eigenvalue weighted by Gasteiger charge is 2.22. The Hall–Kier alpha value is -3.16. The fourth-order valence-electron chi connectivity index (χ4n) is 3.14. The van der Waals surface area contributed by atoms with Crippen LogP contribution in [0.3, 0.4) is 0 Å². The standard InChI is InChI=1S/C19H23N5O3/c1-11(2)13-8-6-7-9-14(13)21-17(25)12(3)24-10-20-16-15(24)18(26)23(5)19(27)22(16)4/h6-12H,1-5H3,(H,21,25). The number of nitrogens with one attached hydrogen (secondary N) is 1. The van der Waals surface area contributed by atoms with Crippen LogP contribution in [0.5, 0.6) is 0 Å². The Morgan fingerprint density at radius 1 is 1.07 bits per heavy atom. The van der Waals surface area contributed by atoms with Gasteiger partial charge in [-0.15, -0.1) is 0 Å². The number of rotatable bonds is 4. The van der Waals surface area contributed by atoms with Crippen molar-refractivity contribution in [1.29, 1.82) is 0 Å². The third kappa shape index (κ3) is 3.07. The molecule has 0 spiro atoms. The lowest BCUT2D eigenvalue weighted by Crippen LogP contribution is -2.38. The Balaban J connectivity index is 2.02.